The number of rotatable bonds is 4. The monoisotopic (exact) mass is 322 g/mol. The quantitative estimate of drug-likeness (QED) is 0.546. The van der Waals surface area contributed by atoms with Crippen LogP contribution in [0.1, 0.15) is 5.69 Å². The van der Waals surface area contributed by atoms with E-state index in [2.05, 4.69) is 4.98 Å². The van der Waals surface area contributed by atoms with Crippen LogP contribution in [0, 0.1) is 0 Å². The van der Waals surface area contributed by atoms with Crippen molar-refractivity contribution in [1.29, 1.82) is 0 Å². The number of nitrogens with two attached hydrogens (primary N) is 1. The lowest BCUT2D eigenvalue weighted by molar-refractivity contribution is 0.575. The molecule has 20 heavy (non-hydrogen) atoms. The lowest BCUT2D eigenvalue weighted by Crippen LogP contribution is -1.89. The molecule has 3 rings (SSSR count). The summed E-state index contributed by atoms with van der Waals surface area (Å²) in [5, 5.41) is 2.66. The highest BCUT2D eigenvalue weighted by molar-refractivity contribution is 7.98. The van der Waals surface area contributed by atoms with Gasteiger partial charge in [-0.15, -0.1) is 23.1 Å². The number of thioether (sulfide) groups is 1. The topological polar surface area (TPSA) is 52.0 Å². The molecule has 3 nitrogen and oxygen atoms in total. The van der Waals surface area contributed by atoms with Crippen molar-refractivity contribution in [3.05, 3.63) is 52.7 Å². The van der Waals surface area contributed by atoms with Gasteiger partial charge in [0.25, 0.3) is 0 Å². The molecule has 0 bridgehead atoms. The molecule has 0 aliphatic rings. The second kappa shape index (κ2) is 5.91. The Labute approximate surface area is 129 Å². The summed E-state index contributed by atoms with van der Waals surface area (Å²) >= 11 is 9.31. The van der Waals surface area contributed by atoms with E-state index in [1.807, 2.05) is 35.7 Å². The Bertz CT molecular complexity index is 690. The second-order valence-corrected chi connectivity index (χ2v) is 6.41. The Morgan fingerprint density at radius 3 is 2.95 bits per heavy atom. The van der Waals surface area contributed by atoms with Gasteiger partial charge in [-0.2, -0.15) is 0 Å². The van der Waals surface area contributed by atoms with Crippen molar-refractivity contribution < 1.29 is 4.42 Å². The third-order valence-corrected chi connectivity index (χ3v) is 5.11. The van der Waals surface area contributed by atoms with Crippen molar-refractivity contribution in [2.75, 3.05) is 5.73 Å². The molecule has 3 aromatic rings. The molecule has 0 aliphatic heterocycles. The van der Waals surface area contributed by atoms with Crippen LogP contribution in [-0.2, 0) is 5.75 Å². The van der Waals surface area contributed by atoms with Gasteiger partial charge in [-0.05, 0) is 23.6 Å². The van der Waals surface area contributed by atoms with Gasteiger partial charge >= 0.3 is 0 Å². The molecule has 0 saturated heterocycles. The lowest BCUT2D eigenvalue weighted by Gasteiger charge is -2.05. The van der Waals surface area contributed by atoms with E-state index in [9.17, 15) is 0 Å². The summed E-state index contributed by atoms with van der Waals surface area (Å²) in [4.78, 5) is 6.38. The fourth-order valence-corrected chi connectivity index (χ4v) is 3.58. The summed E-state index contributed by atoms with van der Waals surface area (Å²) in [6.45, 7) is 0. The molecule has 2 aromatic heterocycles. The predicted octanol–water partition coefficient (Wildman–Crippen LogP) is 4.93. The Kier molecular flexibility index (Phi) is 4.00. The van der Waals surface area contributed by atoms with E-state index in [0.717, 1.165) is 15.5 Å². The zero-order chi connectivity index (χ0) is 13.9. The predicted molar refractivity (Wildman–Crippen MR) is 85.2 cm³/mol. The summed E-state index contributed by atoms with van der Waals surface area (Å²) < 4.78 is 5.48. The van der Waals surface area contributed by atoms with Crippen LogP contribution in [0.5, 0.6) is 0 Å². The van der Waals surface area contributed by atoms with Crippen molar-refractivity contribution in [1.82, 2.24) is 4.98 Å². The number of nitrogens with zero attached hydrogens (tertiary/aromatic N) is 1. The first-order valence-electron chi connectivity index (χ1n) is 5.89. The number of benzene rings is 1. The van der Waals surface area contributed by atoms with E-state index >= 15 is 0 Å². The second-order valence-electron chi connectivity index (χ2n) is 4.07. The number of hydrogen-bond donors (Lipinski definition) is 1. The van der Waals surface area contributed by atoms with Crippen LogP contribution in [0.3, 0.4) is 0 Å². The first-order valence-corrected chi connectivity index (χ1v) is 8.13. The molecule has 0 aliphatic carbocycles. The number of halogens is 1. The van der Waals surface area contributed by atoms with Crippen molar-refractivity contribution >= 4 is 40.4 Å². The van der Waals surface area contributed by atoms with E-state index in [0.29, 0.717) is 22.4 Å². The third kappa shape index (κ3) is 2.85. The average molecular weight is 323 g/mol. The van der Waals surface area contributed by atoms with Crippen LogP contribution in [0.4, 0.5) is 5.69 Å². The molecule has 2 N–H and O–H groups in total. The van der Waals surface area contributed by atoms with Gasteiger partial charge in [0.15, 0.2) is 0 Å². The molecule has 6 heteroatoms. The normalized spacial score (nSPS) is 10.8. The summed E-state index contributed by atoms with van der Waals surface area (Å²) in [6, 6.07) is 9.48. The van der Waals surface area contributed by atoms with Crippen molar-refractivity contribution in [2.45, 2.75) is 10.6 Å². The Morgan fingerprint density at radius 2 is 2.20 bits per heavy atom. The third-order valence-electron chi connectivity index (χ3n) is 2.65. The molecule has 0 unspecified atom stereocenters. The summed E-state index contributed by atoms with van der Waals surface area (Å²) in [7, 11) is 0. The molecule has 0 radical (unpaired) electrons. The minimum atomic E-state index is 0.655. The molecule has 2 heterocycles. The number of nitrogen functional groups attached to an aromatic ring is 1. The van der Waals surface area contributed by atoms with Crippen molar-refractivity contribution in [3.8, 4) is 10.8 Å². The molecular weight excluding hydrogens is 312 g/mol. The van der Waals surface area contributed by atoms with Gasteiger partial charge in [0, 0.05) is 16.3 Å². The maximum absolute atomic E-state index is 6.14. The van der Waals surface area contributed by atoms with Gasteiger partial charge in [-0.1, -0.05) is 23.7 Å². The van der Waals surface area contributed by atoms with Crippen LogP contribution >= 0.6 is 34.7 Å². The van der Waals surface area contributed by atoms with Crippen molar-refractivity contribution in [3.63, 3.8) is 0 Å². The number of anilines is 1. The summed E-state index contributed by atoms with van der Waals surface area (Å²) in [5.41, 5.74) is 7.48. The number of hydrogen-bond acceptors (Lipinski definition) is 5. The van der Waals surface area contributed by atoms with E-state index in [1.54, 1.807) is 29.4 Å². The molecule has 102 valence electrons. The minimum Gasteiger partial charge on any atom is -0.444 e. The van der Waals surface area contributed by atoms with Gasteiger partial charge in [0.2, 0.25) is 5.89 Å². The van der Waals surface area contributed by atoms with E-state index in [4.69, 9.17) is 21.8 Å². The largest absolute Gasteiger partial charge is 0.444 e. The number of oxazole rings is 1. The maximum atomic E-state index is 6.14. The average Bonchev–Trinajstić information content (AvgIpc) is 3.09. The first-order chi connectivity index (χ1) is 9.74. The van der Waals surface area contributed by atoms with Gasteiger partial charge in [0.05, 0.1) is 15.6 Å². The van der Waals surface area contributed by atoms with E-state index in [1.165, 1.54) is 0 Å². The molecule has 1 aromatic carbocycles. The Balaban J connectivity index is 1.73. The van der Waals surface area contributed by atoms with Gasteiger partial charge in [-0.25, -0.2) is 4.98 Å². The highest BCUT2D eigenvalue weighted by Crippen LogP contribution is 2.34. The van der Waals surface area contributed by atoms with Crippen LogP contribution < -0.4 is 5.73 Å². The standard InChI is InChI=1S/C14H11ClN2OS2/c15-10-3-1-4-11(16)13(10)20-8-9-7-18-14(17-9)12-5-2-6-19-12/h1-7H,8,16H2. The smallest absolute Gasteiger partial charge is 0.236 e. The molecule has 0 amide bonds. The van der Waals surface area contributed by atoms with Crippen molar-refractivity contribution in [2.24, 2.45) is 0 Å². The number of thiophene rings is 1. The van der Waals surface area contributed by atoms with Crippen LogP contribution in [0.2, 0.25) is 5.02 Å². The molecular formula is C14H11ClN2OS2. The fourth-order valence-electron chi connectivity index (χ4n) is 1.71. The van der Waals surface area contributed by atoms with Crippen LogP contribution in [-0.4, -0.2) is 4.98 Å². The molecule has 0 fully saturated rings. The first kappa shape index (κ1) is 13.5. The fraction of sp³-hybridized carbons (Fsp3) is 0.0714. The molecule has 0 atom stereocenters. The van der Waals surface area contributed by atoms with E-state index < -0.39 is 0 Å². The highest BCUT2D eigenvalue weighted by atomic mass is 35.5. The van der Waals surface area contributed by atoms with Gasteiger partial charge in [-0.3, -0.25) is 0 Å². The summed E-state index contributed by atoms with van der Waals surface area (Å²) in [5.74, 6) is 1.32. The number of aromatic nitrogens is 1. The Morgan fingerprint density at radius 1 is 1.30 bits per heavy atom. The van der Waals surface area contributed by atoms with Gasteiger partial charge in [0.1, 0.15) is 6.26 Å². The maximum Gasteiger partial charge on any atom is 0.236 e. The molecule has 0 spiro atoms. The zero-order valence-electron chi connectivity index (χ0n) is 10.4. The van der Waals surface area contributed by atoms with Crippen LogP contribution in [0.15, 0.2) is 51.3 Å². The zero-order valence-corrected chi connectivity index (χ0v) is 12.8. The minimum absolute atomic E-state index is 0.655. The molecule has 0 saturated carbocycles. The van der Waals surface area contributed by atoms with Gasteiger partial charge < -0.3 is 10.2 Å². The lowest BCUT2D eigenvalue weighted by atomic mass is 10.3. The highest BCUT2D eigenvalue weighted by Gasteiger charge is 2.10. The summed E-state index contributed by atoms with van der Waals surface area (Å²) in [6.07, 6.45) is 1.68. The Hall–Kier alpha value is -1.43. The SMILES string of the molecule is Nc1cccc(Cl)c1SCc1coc(-c2cccs2)n1. The van der Waals surface area contributed by atoms with E-state index in [-0.39, 0.29) is 0 Å². The van der Waals surface area contributed by atoms with Crippen LogP contribution in [0.25, 0.3) is 10.8 Å².